The number of hydrogen-bond donors (Lipinski definition) is 2. The van der Waals surface area contributed by atoms with Crippen molar-refractivity contribution in [2.75, 3.05) is 13.2 Å². The van der Waals surface area contributed by atoms with Gasteiger partial charge in [-0.25, -0.2) is 4.79 Å². The molecule has 128 valence electrons. The second-order valence-corrected chi connectivity index (χ2v) is 4.71. The summed E-state index contributed by atoms with van der Waals surface area (Å²) >= 11 is 0. The van der Waals surface area contributed by atoms with E-state index in [1.807, 2.05) is 0 Å². The van der Waals surface area contributed by atoms with E-state index >= 15 is 0 Å². The second kappa shape index (κ2) is 6.88. The fourth-order valence-electron chi connectivity index (χ4n) is 2.24. The molecule has 0 atom stereocenters. The van der Waals surface area contributed by atoms with Gasteiger partial charge in [-0.2, -0.15) is 0 Å². The molecule has 1 aromatic rings. The first-order valence-corrected chi connectivity index (χ1v) is 7.18. The van der Waals surface area contributed by atoms with Crippen LogP contribution < -0.4 is 0 Å². The molecule has 9 heteroatoms. The number of carbonyl (C=O) groups is 2. The van der Waals surface area contributed by atoms with Crippen LogP contribution in [0.2, 0.25) is 0 Å². The third-order valence-electron chi connectivity index (χ3n) is 3.17. The van der Waals surface area contributed by atoms with Gasteiger partial charge in [0.2, 0.25) is 6.29 Å². The number of ether oxygens (including phenoxy) is 4. The summed E-state index contributed by atoms with van der Waals surface area (Å²) in [6, 6.07) is 0. The Bertz CT molecular complexity index is 602. The molecule has 2 rings (SSSR count). The van der Waals surface area contributed by atoms with Gasteiger partial charge in [0, 0.05) is 0 Å². The SMILES string of the molecule is CCOC(=O)Cn1c(C(=O)OCC)c(O)c(O)c1C1OC(C)O1. The highest BCUT2D eigenvalue weighted by Crippen LogP contribution is 2.44. The molecule has 0 bridgehead atoms. The topological polar surface area (TPSA) is 116 Å². The van der Waals surface area contributed by atoms with Crippen LogP contribution in [-0.2, 0) is 30.3 Å². The Morgan fingerprint density at radius 3 is 2.26 bits per heavy atom. The number of esters is 2. The molecule has 9 nitrogen and oxygen atoms in total. The van der Waals surface area contributed by atoms with Crippen LogP contribution in [0.5, 0.6) is 11.5 Å². The van der Waals surface area contributed by atoms with Gasteiger partial charge in [-0.3, -0.25) is 4.79 Å². The number of hydrogen-bond acceptors (Lipinski definition) is 8. The summed E-state index contributed by atoms with van der Waals surface area (Å²) in [6.45, 7) is 4.66. The molecular weight excluding hydrogens is 310 g/mol. The summed E-state index contributed by atoms with van der Waals surface area (Å²) in [7, 11) is 0. The summed E-state index contributed by atoms with van der Waals surface area (Å²) in [4.78, 5) is 23.8. The first kappa shape index (κ1) is 17.1. The van der Waals surface area contributed by atoms with Crippen LogP contribution in [0.3, 0.4) is 0 Å². The largest absolute Gasteiger partial charge is 0.503 e. The van der Waals surface area contributed by atoms with Crippen molar-refractivity contribution >= 4 is 11.9 Å². The third-order valence-corrected chi connectivity index (χ3v) is 3.17. The Morgan fingerprint density at radius 2 is 1.74 bits per heavy atom. The van der Waals surface area contributed by atoms with Crippen molar-refractivity contribution in [2.24, 2.45) is 0 Å². The molecule has 0 aliphatic carbocycles. The van der Waals surface area contributed by atoms with E-state index in [1.54, 1.807) is 20.8 Å². The average Bonchev–Trinajstić information content (AvgIpc) is 2.68. The maximum Gasteiger partial charge on any atom is 0.359 e. The average molecular weight is 329 g/mol. The van der Waals surface area contributed by atoms with Crippen molar-refractivity contribution in [3.05, 3.63) is 11.4 Å². The summed E-state index contributed by atoms with van der Waals surface area (Å²) in [6.07, 6.45) is -1.51. The van der Waals surface area contributed by atoms with E-state index in [4.69, 9.17) is 18.9 Å². The van der Waals surface area contributed by atoms with E-state index in [0.717, 1.165) is 4.57 Å². The smallest absolute Gasteiger partial charge is 0.359 e. The van der Waals surface area contributed by atoms with Gasteiger partial charge < -0.3 is 33.7 Å². The minimum Gasteiger partial charge on any atom is -0.503 e. The lowest BCUT2D eigenvalue weighted by Crippen LogP contribution is -2.34. The molecule has 0 unspecified atom stereocenters. The van der Waals surface area contributed by atoms with Gasteiger partial charge in [0.1, 0.15) is 12.2 Å². The molecule has 2 heterocycles. The quantitative estimate of drug-likeness (QED) is 0.743. The van der Waals surface area contributed by atoms with E-state index in [1.165, 1.54) is 0 Å². The maximum atomic E-state index is 12.0. The molecule has 0 spiro atoms. The zero-order valence-electron chi connectivity index (χ0n) is 13.1. The lowest BCUT2D eigenvalue weighted by molar-refractivity contribution is -0.384. The highest BCUT2D eigenvalue weighted by molar-refractivity contribution is 5.93. The molecule has 0 amide bonds. The molecule has 23 heavy (non-hydrogen) atoms. The monoisotopic (exact) mass is 329 g/mol. The van der Waals surface area contributed by atoms with Gasteiger partial charge in [0.25, 0.3) is 0 Å². The van der Waals surface area contributed by atoms with E-state index in [9.17, 15) is 19.8 Å². The van der Waals surface area contributed by atoms with Crippen molar-refractivity contribution in [1.29, 1.82) is 0 Å². The van der Waals surface area contributed by atoms with E-state index in [-0.39, 0.29) is 24.6 Å². The van der Waals surface area contributed by atoms with Gasteiger partial charge in [0.05, 0.1) is 13.2 Å². The highest BCUT2D eigenvalue weighted by Gasteiger charge is 2.39. The first-order chi connectivity index (χ1) is 10.9. The molecule has 1 saturated heterocycles. The highest BCUT2D eigenvalue weighted by atomic mass is 16.9. The zero-order chi connectivity index (χ0) is 17.1. The Labute approximate surface area is 132 Å². The summed E-state index contributed by atoms with van der Waals surface area (Å²) in [5.74, 6) is -2.84. The van der Waals surface area contributed by atoms with Gasteiger partial charge in [-0.15, -0.1) is 0 Å². The molecule has 1 fully saturated rings. The first-order valence-electron chi connectivity index (χ1n) is 7.18. The summed E-state index contributed by atoms with van der Waals surface area (Å²) < 4.78 is 21.3. The lowest BCUT2D eigenvalue weighted by Gasteiger charge is -2.34. The predicted octanol–water partition coefficient (Wildman–Crippen LogP) is 1.03. The standard InChI is InChI=1S/C14H19NO8/c1-4-20-8(16)6-15-9(13(19)21-5-2)11(17)12(18)10(15)14-22-7(3)23-14/h7,14,17-18H,4-6H2,1-3H3. The molecule has 1 aliphatic rings. The van der Waals surface area contributed by atoms with Crippen molar-refractivity contribution in [2.45, 2.75) is 39.9 Å². The van der Waals surface area contributed by atoms with Crippen LogP contribution in [0.15, 0.2) is 0 Å². The molecule has 1 aromatic heterocycles. The van der Waals surface area contributed by atoms with Gasteiger partial charge in [0.15, 0.2) is 23.5 Å². The van der Waals surface area contributed by atoms with Crippen molar-refractivity contribution in [1.82, 2.24) is 4.57 Å². The minimum atomic E-state index is -1.01. The minimum absolute atomic E-state index is 0.0447. The molecule has 0 aromatic carbocycles. The molecule has 0 radical (unpaired) electrons. The van der Waals surface area contributed by atoms with Gasteiger partial charge in [-0.05, 0) is 20.8 Å². The van der Waals surface area contributed by atoms with Crippen LogP contribution >= 0.6 is 0 Å². The lowest BCUT2D eigenvalue weighted by atomic mass is 10.3. The normalized spacial score (nSPS) is 20.0. The fourth-order valence-corrected chi connectivity index (χ4v) is 2.24. The van der Waals surface area contributed by atoms with Gasteiger partial charge >= 0.3 is 11.9 Å². The molecule has 2 N–H and O–H groups in total. The number of rotatable bonds is 6. The van der Waals surface area contributed by atoms with Crippen molar-refractivity contribution in [3.63, 3.8) is 0 Å². The summed E-state index contributed by atoms with van der Waals surface area (Å²) in [5, 5.41) is 20.1. The molecule has 0 saturated carbocycles. The number of aromatic hydroxyl groups is 2. The fraction of sp³-hybridized carbons (Fsp3) is 0.571. The van der Waals surface area contributed by atoms with E-state index in [0.29, 0.717) is 0 Å². The summed E-state index contributed by atoms with van der Waals surface area (Å²) in [5.41, 5.74) is -0.407. The third kappa shape index (κ3) is 3.25. The Balaban J connectivity index is 2.45. The number of aromatic nitrogens is 1. The van der Waals surface area contributed by atoms with Crippen LogP contribution in [-0.4, -0.2) is 46.2 Å². The van der Waals surface area contributed by atoms with E-state index < -0.39 is 42.6 Å². The molecule has 1 aliphatic heterocycles. The van der Waals surface area contributed by atoms with Crippen LogP contribution in [0, 0.1) is 0 Å². The Hall–Kier alpha value is -2.26. The molecular formula is C14H19NO8. The van der Waals surface area contributed by atoms with Crippen molar-refractivity contribution < 1.29 is 38.7 Å². The van der Waals surface area contributed by atoms with Crippen LogP contribution in [0.1, 0.15) is 43.2 Å². The second-order valence-electron chi connectivity index (χ2n) is 4.71. The number of nitrogens with zero attached hydrogens (tertiary/aromatic N) is 1. The van der Waals surface area contributed by atoms with Crippen LogP contribution in [0.25, 0.3) is 0 Å². The predicted molar refractivity (Wildman–Crippen MR) is 74.7 cm³/mol. The number of carbonyl (C=O) groups excluding carboxylic acids is 2. The maximum absolute atomic E-state index is 12.0. The Kier molecular flexibility index (Phi) is 5.12. The van der Waals surface area contributed by atoms with E-state index in [2.05, 4.69) is 0 Å². The zero-order valence-corrected chi connectivity index (χ0v) is 13.1. The van der Waals surface area contributed by atoms with Gasteiger partial charge in [-0.1, -0.05) is 0 Å². The van der Waals surface area contributed by atoms with Crippen LogP contribution in [0.4, 0.5) is 0 Å². The van der Waals surface area contributed by atoms with Crippen molar-refractivity contribution in [3.8, 4) is 11.5 Å². The Morgan fingerprint density at radius 1 is 1.13 bits per heavy atom.